The van der Waals surface area contributed by atoms with Crippen molar-refractivity contribution in [3.63, 3.8) is 0 Å². The van der Waals surface area contributed by atoms with Gasteiger partial charge in [0.15, 0.2) is 5.03 Å². The molecule has 6 nitrogen and oxygen atoms in total. The van der Waals surface area contributed by atoms with Crippen LogP contribution in [-0.4, -0.2) is 14.9 Å². The quantitative estimate of drug-likeness (QED) is 0.526. The molecule has 1 aromatic heterocycles. The number of hydrogen-bond donors (Lipinski definition) is 1. The highest BCUT2D eigenvalue weighted by molar-refractivity contribution is 7.99. The van der Waals surface area contributed by atoms with E-state index in [9.17, 15) is 10.1 Å². The molecule has 2 aromatic rings. The number of hydrogen-bond acceptors (Lipinski definition) is 6. The first-order valence-electron chi connectivity index (χ1n) is 5.50. The van der Waals surface area contributed by atoms with E-state index in [1.165, 1.54) is 11.8 Å². The summed E-state index contributed by atoms with van der Waals surface area (Å²) in [6.45, 7) is 3.53. The van der Waals surface area contributed by atoms with Crippen molar-refractivity contribution in [2.45, 2.75) is 23.8 Å². The number of nitrogen functional groups attached to an aromatic ring is 1. The molecule has 1 aromatic carbocycles. The molecule has 0 bridgehead atoms. The van der Waals surface area contributed by atoms with Crippen molar-refractivity contribution < 1.29 is 4.92 Å². The van der Waals surface area contributed by atoms with Gasteiger partial charge in [-0.15, -0.1) is 0 Å². The summed E-state index contributed by atoms with van der Waals surface area (Å²) in [5, 5.41) is 11.3. The lowest BCUT2D eigenvalue weighted by molar-refractivity contribution is -0.389. The number of nitrogens with two attached hydrogens (primary N) is 1. The summed E-state index contributed by atoms with van der Waals surface area (Å²) in [7, 11) is 0. The molecule has 0 aliphatic carbocycles. The first-order chi connectivity index (χ1) is 8.97. The molecule has 0 radical (unpaired) electrons. The molecule has 0 fully saturated rings. The third-order valence-electron chi connectivity index (χ3n) is 2.46. The van der Waals surface area contributed by atoms with Gasteiger partial charge in [0, 0.05) is 4.90 Å². The largest absolute Gasteiger partial charge is 0.368 e. The predicted molar refractivity (Wildman–Crippen MR) is 73.1 cm³/mol. The average Bonchev–Trinajstić information content (AvgIpc) is 2.30. The normalized spacial score (nSPS) is 10.4. The third kappa shape index (κ3) is 3.00. The average molecular weight is 276 g/mol. The van der Waals surface area contributed by atoms with Crippen molar-refractivity contribution in [3.05, 3.63) is 45.6 Å². The molecule has 19 heavy (non-hydrogen) atoms. The van der Waals surface area contributed by atoms with E-state index in [0.29, 0.717) is 0 Å². The molecule has 2 N–H and O–H groups in total. The van der Waals surface area contributed by atoms with E-state index in [-0.39, 0.29) is 22.4 Å². The molecule has 0 amide bonds. The molecule has 1 heterocycles. The van der Waals surface area contributed by atoms with E-state index in [1.54, 1.807) is 6.92 Å². The topological polar surface area (TPSA) is 94.9 Å². The molecular weight excluding hydrogens is 264 g/mol. The van der Waals surface area contributed by atoms with Gasteiger partial charge >= 0.3 is 5.69 Å². The summed E-state index contributed by atoms with van der Waals surface area (Å²) in [5.74, 6) is 0.0395. The fourth-order valence-corrected chi connectivity index (χ4v) is 2.51. The zero-order chi connectivity index (χ0) is 14.0. The van der Waals surface area contributed by atoms with Crippen LogP contribution in [0.25, 0.3) is 0 Å². The molecule has 7 heteroatoms. The second-order valence-electron chi connectivity index (χ2n) is 3.99. The maximum absolute atomic E-state index is 11.1. The van der Waals surface area contributed by atoms with Gasteiger partial charge in [0.05, 0.1) is 4.92 Å². The summed E-state index contributed by atoms with van der Waals surface area (Å²) in [4.78, 5) is 19.2. The van der Waals surface area contributed by atoms with E-state index >= 15 is 0 Å². The number of anilines is 1. The minimum absolute atomic E-state index is 0.0395. The molecule has 98 valence electrons. The Balaban J connectivity index is 2.44. The zero-order valence-electron chi connectivity index (χ0n) is 10.5. The Hall–Kier alpha value is -2.15. The van der Waals surface area contributed by atoms with Crippen LogP contribution in [0.4, 0.5) is 11.6 Å². The third-order valence-corrected chi connectivity index (χ3v) is 3.45. The van der Waals surface area contributed by atoms with E-state index in [2.05, 4.69) is 9.97 Å². The Morgan fingerprint density at radius 1 is 1.21 bits per heavy atom. The fourth-order valence-electron chi connectivity index (χ4n) is 1.56. The molecule has 0 atom stereocenters. The Morgan fingerprint density at radius 2 is 1.84 bits per heavy atom. The Kier molecular flexibility index (Phi) is 3.66. The first kappa shape index (κ1) is 13.3. The highest BCUT2D eigenvalue weighted by Gasteiger charge is 2.22. The molecule has 0 spiro atoms. The van der Waals surface area contributed by atoms with E-state index < -0.39 is 4.92 Å². The van der Waals surface area contributed by atoms with Crippen LogP contribution >= 0.6 is 11.8 Å². The maximum atomic E-state index is 11.1. The van der Waals surface area contributed by atoms with Crippen LogP contribution in [0.3, 0.4) is 0 Å². The van der Waals surface area contributed by atoms with Crippen LogP contribution in [0.15, 0.2) is 34.2 Å². The van der Waals surface area contributed by atoms with Crippen LogP contribution in [0.2, 0.25) is 0 Å². The Bertz CT molecular complexity index is 628. The summed E-state index contributed by atoms with van der Waals surface area (Å²) in [5.41, 5.74) is 6.84. The lowest BCUT2D eigenvalue weighted by Crippen LogP contribution is -2.03. The molecule has 2 rings (SSSR count). The van der Waals surface area contributed by atoms with Crippen molar-refractivity contribution in [1.29, 1.82) is 0 Å². The lowest BCUT2D eigenvalue weighted by Gasteiger charge is -2.05. The monoisotopic (exact) mass is 276 g/mol. The van der Waals surface area contributed by atoms with Crippen molar-refractivity contribution in [1.82, 2.24) is 9.97 Å². The number of benzene rings is 1. The van der Waals surface area contributed by atoms with Crippen LogP contribution in [0.5, 0.6) is 0 Å². The van der Waals surface area contributed by atoms with Crippen molar-refractivity contribution in [3.8, 4) is 0 Å². The van der Waals surface area contributed by atoms with Crippen molar-refractivity contribution in [2.75, 3.05) is 5.73 Å². The smallest absolute Gasteiger partial charge is 0.322 e. The Morgan fingerprint density at radius 3 is 2.42 bits per heavy atom. The summed E-state index contributed by atoms with van der Waals surface area (Å²) >= 11 is 1.21. The van der Waals surface area contributed by atoms with Gasteiger partial charge in [0.1, 0.15) is 5.69 Å². The number of nitro groups is 1. The first-order valence-corrected chi connectivity index (χ1v) is 6.32. The fraction of sp³-hybridized carbons (Fsp3) is 0.167. The second kappa shape index (κ2) is 5.23. The molecule has 0 saturated carbocycles. The Labute approximate surface area is 114 Å². The highest BCUT2D eigenvalue weighted by atomic mass is 32.2. The van der Waals surface area contributed by atoms with Gasteiger partial charge < -0.3 is 5.73 Å². The number of aryl methyl sites for hydroxylation is 2. The highest BCUT2D eigenvalue weighted by Crippen LogP contribution is 2.34. The van der Waals surface area contributed by atoms with Gasteiger partial charge in [0.2, 0.25) is 5.95 Å². The minimum atomic E-state index is -0.481. The van der Waals surface area contributed by atoms with Crippen LogP contribution in [-0.2, 0) is 0 Å². The molecule has 0 aliphatic rings. The second-order valence-corrected chi connectivity index (χ2v) is 5.06. The van der Waals surface area contributed by atoms with Gasteiger partial charge in [0.25, 0.3) is 0 Å². The van der Waals surface area contributed by atoms with Gasteiger partial charge in [-0.05, 0) is 26.0 Å². The van der Waals surface area contributed by atoms with Crippen LogP contribution < -0.4 is 5.73 Å². The van der Waals surface area contributed by atoms with Gasteiger partial charge in [-0.2, -0.15) is 4.98 Å². The number of nitrogens with zero attached hydrogens (tertiary/aromatic N) is 3. The zero-order valence-corrected chi connectivity index (χ0v) is 11.3. The minimum Gasteiger partial charge on any atom is -0.368 e. The summed E-state index contributed by atoms with van der Waals surface area (Å²) < 4.78 is 0. The number of aromatic nitrogens is 2. The SMILES string of the molecule is Cc1ccc(Sc2nc(N)nc(C)c2[N+](=O)[O-])cc1. The van der Waals surface area contributed by atoms with Crippen molar-refractivity contribution in [2.24, 2.45) is 0 Å². The lowest BCUT2D eigenvalue weighted by atomic mass is 10.2. The molecular formula is C12H12N4O2S. The van der Waals surface area contributed by atoms with Crippen LogP contribution in [0.1, 0.15) is 11.3 Å². The molecule has 0 saturated heterocycles. The van der Waals surface area contributed by atoms with Crippen LogP contribution in [0, 0.1) is 24.0 Å². The van der Waals surface area contributed by atoms with E-state index in [4.69, 9.17) is 5.73 Å². The molecule has 0 aliphatic heterocycles. The predicted octanol–water partition coefficient (Wildman–Crippen LogP) is 2.74. The maximum Gasteiger partial charge on any atom is 0.322 e. The standard InChI is InChI=1S/C12H12N4O2S/c1-7-3-5-9(6-4-7)19-11-10(16(17)18)8(2)14-12(13)15-11/h3-6H,1-2H3,(H2,13,14,15). The number of rotatable bonds is 3. The van der Waals surface area contributed by atoms with Gasteiger partial charge in [-0.1, -0.05) is 29.5 Å². The van der Waals surface area contributed by atoms with E-state index in [0.717, 1.165) is 10.5 Å². The van der Waals surface area contributed by atoms with E-state index in [1.807, 2.05) is 31.2 Å². The van der Waals surface area contributed by atoms with Gasteiger partial charge in [-0.25, -0.2) is 4.98 Å². The summed E-state index contributed by atoms with van der Waals surface area (Å²) in [6, 6.07) is 7.64. The van der Waals surface area contributed by atoms with Gasteiger partial charge in [-0.3, -0.25) is 10.1 Å². The summed E-state index contributed by atoms with van der Waals surface area (Å²) in [6.07, 6.45) is 0. The van der Waals surface area contributed by atoms with Crippen molar-refractivity contribution >= 4 is 23.4 Å². The molecule has 0 unspecified atom stereocenters.